The molecular formula is C19H14N4O3. The molecule has 5 rings (SSSR count). The molecule has 1 aromatic carbocycles. The number of nitrogens with zero attached hydrogens (tertiary/aromatic N) is 4. The SMILES string of the molecule is O=C1c2cccnc2C(=O)c2nc3cc(N4CCOCC4)ccc3nc21. The van der Waals surface area contributed by atoms with E-state index in [1.54, 1.807) is 12.1 Å². The zero-order chi connectivity index (χ0) is 17.7. The van der Waals surface area contributed by atoms with Gasteiger partial charge in [-0.2, -0.15) is 0 Å². The maximum Gasteiger partial charge on any atom is 0.232 e. The van der Waals surface area contributed by atoms with Gasteiger partial charge in [-0.1, -0.05) is 0 Å². The highest BCUT2D eigenvalue weighted by molar-refractivity contribution is 6.26. The molecule has 3 heterocycles. The van der Waals surface area contributed by atoms with Gasteiger partial charge in [-0.25, -0.2) is 9.97 Å². The molecule has 0 bridgehead atoms. The second kappa shape index (κ2) is 5.67. The number of hydrogen-bond donors (Lipinski definition) is 0. The van der Waals surface area contributed by atoms with E-state index in [1.807, 2.05) is 18.2 Å². The van der Waals surface area contributed by atoms with E-state index >= 15 is 0 Å². The Morgan fingerprint density at radius 3 is 2.50 bits per heavy atom. The first-order chi connectivity index (χ1) is 12.7. The van der Waals surface area contributed by atoms with E-state index in [2.05, 4.69) is 19.9 Å². The molecule has 128 valence electrons. The summed E-state index contributed by atoms with van der Waals surface area (Å²) < 4.78 is 5.38. The zero-order valence-electron chi connectivity index (χ0n) is 13.8. The van der Waals surface area contributed by atoms with Crippen molar-refractivity contribution in [1.82, 2.24) is 15.0 Å². The molecule has 3 aromatic rings. The number of anilines is 1. The fourth-order valence-corrected chi connectivity index (χ4v) is 3.39. The van der Waals surface area contributed by atoms with Gasteiger partial charge in [0.1, 0.15) is 17.1 Å². The number of rotatable bonds is 1. The summed E-state index contributed by atoms with van der Waals surface area (Å²) in [6.07, 6.45) is 1.50. The number of fused-ring (bicyclic) bond motifs is 3. The average molecular weight is 346 g/mol. The van der Waals surface area contributed by atoms with Crippen LogP contribution in [0.5, 0.6) is 0 Å². The molecule has 0 saturated carbocycles. The summed E-state index contributed by atoms with van der Waals surface area (Å²) in [5, 5.41) is 0. The van der Waals surface area contributed by atoms with Gasteiger partial charge in [0.2, 0.25) is 11.6 Å². The highest BCUT2D eigenvalue weighted by Crippen LogP contribution is 2.27. The van der Waals surface area contributed by atoms with Crippen LogP contribution in [0.2, 0.25) is 0 Å². The summed E-state index contributed by atoms with van der Waals surface area (Å²) >= 11 is 0. The van der Waals surface area contributed by atoms with Gasteiger partial charge in [0, 0.05) is 25.0 Å². The number of morpholine rings is 1. The molecule has 2 aliphatic rings. The van der Waals surface area contributed by atoms with Crippen molar-refractivity contribution in [3.8, 4) is 0 Å². The standard InChI is InChI=1S/C19H14N4O3/c24-18-12-2-1-5-20-15(12)19(25)17-16(18)21-13-4-3-11(10-14(13)22-17)23-6-8-26-9-7-23/h1-5,10H,6-9H2. The first-order valence-electron chi connectivity index (χ1n) is 8.41. The fourth-order valence-electron chi connectivity index (χ4n) is 3.39. The predicted molar refractivity (Wildman–Crippen MR) is 93.7 cm³/mol. The number of ether oxygens (including phenoxy) is 1. The third kappa shape index (κ3) is 2.21. The van der Waals surface area contributed by atoms with Crippen LogP contribution in [-0.2, 0) is 4.74 Å². The second-order valence-electron chi connectivity index (χ2n) is 6.25. The van der Waals surface area contributed by atoms with Crippen molar-refractivity contribution in [1.29, 1.82) is 0 Å². The van der Waals surface area contributed by atoms with Gasteiger partial charge in [0.05, 0.1) is 29.8 Å². The van der Waals surface area contributed by atoms with Crippen molar-refractivity contribution in [2.24, 2.45) is 0 Å². The van der Waals surface area contributed by atoms with Crippen LogP contribution < -0.4 is 4.90 Å². The van der Waals surface area contributed by atoms with E-state index in [1.165, 1.54) is 6.20 Å². The Bertz CT molecular complexity index is 1070. The predicted octanol–water partition coefficient (Wildman–Crippen LogP) is 1.64. The summed E-state index contributed by atoms with van der Waals surface area (Å²) in [7, 11) is 0. The van der Waals surface area contributed by atoms with E-state index in [-0.39, 0.29) is 34.2 Å². The van der Waals surface area contributed by atoms with E-state index in [0.29, 0.717) is 24.2 Å². The second-order valence-corrected chi connectivity index (χ2v) is 6.25. The molecule has 0 spiro atoms. The molecule has 0 atom stereocenters. The van der Waals surface area contributed by atoms with Crippen LogP contribution in [0.3, 0.4) is 0 Å². The van der Waals surface area contributed by atoms with E-state index in [9.17, 15) is 9.59 Å². The Balaban J connectivity index is 1.65. The molecule has 1 aliphatic heterocycles. The van der Waals surface area contributed by atoms with Crippen molar-refractivity contribution in [3.63, 3.8) is 0 Å². The summed E-state index contributed by atoms with van der Waals surface area (Å²) in [5.41, 5.74) is 2.78. The van der Waals surface area contributed by atoms with Crippen LogP contribution in [0.1, 0.15) is 32.2 Å². The quantitative estimate of drug-likeness (QED) is 0.518. The minimum Gasteiger partial charge on any atom is -0.378 e. The first-order valence-corrected chi connectivity index (χ1v) is 8.41. The van der Waals surface area contributed by atoms with Crippen LogP contribution in [0.25, 0.3) is 11.0 Å². The lowest BCUT2D eigenvalue weighted by atomic mass is 9.93. The molecule has 0 unspecified atom stereocenters. The molecule has 0 amide bonds. The van der Waals surface area contributed by atoms with Gasteiger partial charge in [-0.05, 0) is 30.3 Å². The Morgan fingerprint density at radius 2 is 1.65 bits per heavy atom. The molecule has 0 radical (unpaired) electrons. The summed E-state index contributed by atoms with van der Waals surface area (Å²) in [4.78, 5) is 40.6. The van der Waals surface area contributed by atoms with Crippen molar-refractivity contribution >= 4 is 28.3 Å². The van der Waals surface area contributed by atoms with Crippen molar-refractivity contribution < 1.29 is 14.3 Å². The highest BCUT2D eigenvalue weighted by atomic mass is 16.5. The van der Waals surface area contributed by atoms with Crippen LogP contribution in [0, 0.1) is 0 Å². The molecule has 2 aromatic heterocycles. The van der Waals surface area contributed by atoms with Gasteiger partial charge in [-0.3, -0.25) is 14.6 Å². The normalized spacial score (nSPS) is 16.5. The van der Waals surface area contributed by atoms with Gasteiger partial charge in [0.25, 0.3) is 0 Å². The molecule has 1 saturated heterocycles. The van der Waals surface area contributed by atoms with Gasteiger partial charge >= 0.3 is 0 Å². The number of hydrogen-bond acceptors (Lipinski definition) is 7. The monoisotopic (exact) mass is 346 g/mol. The minimum absolute atomic E-state index is 0.0767. The Kier molecular flexibility index (Phi) is 3.29. The number of aromatic nitrogens is 3. The lowest BCUT2D eigenvalue weighted by Gasteiger charge is -2.29. The van der Waals surface area contributed by atoms with E-state index < -0.39 is 0 Å². The van der Waals surface area contributed by atoms with E-state index in [4.69, 9.17) is 4.74 Å². The topological polar surface area (TPSA) is 85.3 Å². The third-order valence-corrected chi connectivity index (χ3v) is 4.72. The lowest BCUT2D eigenvalue weighted by molar-refractivity contribution is 0.0968. The number of carbonyl (C=O) groups is 2. The molecule has 1 aliphatic carbocycles. The Hall–Kier alpha value is -3.19. The molecule has 26 heavy (non-hydrogen) atoms. The minimum atomic E-state index is -0.360. The highest BCUT2D eigenvalue weighted by Gasteiger charge is 2.33. The van der Waals surface area contributed by atoms with Gasteiger partial charge in [0.15, 0.2) is 0 Å². The van der Waals surface area contributed by atoms with E-state index in [0.717, 1.165) is 18.8 Å². The molecule has 0 N–H and O–H groups in total. The van der Waals surface area contributed by atoms with Gasteiger partial charge < -0.3 is 9.64 Å². The van der Waals surface area contributed by atoms with Crippen LogP contribution in [-0.4, -0.2) is 52.8 Å². The van der Waals surface area contributed by atoms with Gasteiger partial charge in [-0.15, -0.1) is 0 Å². The summed E-state index contributed by atoms with van der Waals surface area (Å²) in [6, 6.07) is 8.93. The van der Waals surface area contributed by atoms with Crippen LogP contribution >= 0.6 is 0 Å². The number of pyridine rings is 1. The summed E-state index contributed by atoms with van der Waals surface area (Å²) in [6.45, 7) is 2.98. The van der Waals surface area contributed by atoms with Crippen molar-refractivity contribution in [3.05, 3.63) is 59.2 Å². The fraction of sp³-hybridized carbons (Fsp3) is 0.211. The number of benzene rings is 1. The van der Waals surface area contributed by atoms with Crippen molar-refractivity contribution in [2.45, 2.75) is 0 Å². The molecular weight excluding hydrogens is 332 g/mol. The maximum atomic E-state index is 12.7. The van der Waals surface area contributed by atoms with Crippen LogP contribution in [0.4, 0.5) is 5.69 Å². The Labute approximate surface area is 148 Å². The smallest absolute Gasteiger partial charge is 0.232 e. The zero-order valence-corrected chi connectivity index (χ0v) is 13.8. The van der Waals surface area contributed by atoms with Crippen molar-refractivity contribution in [2.75, 3.05) is 31.2 Å². The maximum absolute atomic E-state index is 12.7. The largest absolute Gasteiger partial charge is 0.378 e. The molecule has 7 heteroatoms. The third-order valence-electron chi connectivity index (χ3n) is 4.72. The average Bonchev–Trinajstić information content (AvgIpc) is 2.71. The number of ketones is 2. The lowest BCUT2D eigenvalue weighted by Crippen LogP contribution is -2.36. The number of carbonyl (C=O) groups excluding carboxylic acids is 2. The van der Waals surface area contributed by atoms with Crippen LogP contribution in [0.15, 0.2) is 36.5 Å². The molecule has 1 fully saturated rings. The Morgan fingerprint density at radius 1 is 0.885 bits per heavy atom. The first kappa shape index (κ1) is 15.1. The summed E-state index contributed by atoms with van der Waals surface area (Å²) in [5.74, 6) is -0.671. The molecule has 7 nitrogen and oxygen atoms in total.